The lowest BCUT2D eigenvalue weighted by atomic mass is 9.97. The van der Waals surface area contributed by atoms with Crippen molar-refractivity contribution in [2.45, 2.75) is 38.3 Å². The Morgan fingerprint density at radius 2 is 2.00 bits per heavy atom. The van der Waals surface area contributed by atoms with Crippen LogP contribution in [0.4, 0.5) is 4.79 Å². The Kier molecular flexibility index (Phi) is 5.75. The quantitative estimate of drug-likeness (QED) is 0.551. The van der Waals surface area contributed by atoms with Gasteiger partial charge >= 0.3 is 18.0 Å². The van der Waals surface area contributed by atoms with Crippen LogP contribution in [-0.4, -0.2) is 63.4 Å². The van der Waals surface area contributed by atoms with Crippen molar-refractivity contribution >= 4 is 18.0 Å². The van der Waals surface area contributed by atoms with Crippen molar-refractivity contribution in [1.29, 1.82) is 0 Å². The van der Waals surface area contributed by atoms with Gasteiger partial charge in [-0.15, -0.1) is 0 Å². The Bertz CT molecular complexity index is 386. The molecule has 0 bridgehead atoms. The standard InChI is InChI=1S/C12H20N2O6/c1-7-6-14(5-4-9(7)15)12(20)13-8(11(18)19)2-3-10(16)17/h7-9,15H,2-6H2,1H3,(H,13,20)(H,16,17)(H,18,19). The summed E-state index contributed by atoms with van der Waals surface area (Å²) < 4.78 is 0. The number of carboxylic acid groups (broad SMARTS) is 2. The van der Waals surface area contributed by atoms with Gasteiger partial charge in [0.15, 0.2) is 0 Å². The van der Waals surface area contributed by atoms with Crippen molar-refractivity contribution in [3.63, 3.8) is 0 Å². The topological polar surface area (TPSA) is 127 Å². The van der Waals surface area contributed by atoms with Crippen LogP contribution in [0.15, 0.2) is 0 Å². The van der Waals surface area contributed by atoms with Crippen LogP contribution in [0, 0.1) is 5.92 Å². The highest BCUT2D eigenvalue weighted by Gasteiger charge is 2.29. The zero-order valence-corrected chi connectivity index (χ0v) is 11.3. The van der Waals surface area contributed by atoms with Crippen LogP contribution in [0.5, 0.6) is 0 Å². The second-order valence-electron chi connectivity index (χ2n) is 5.05. The predicted octanol–water partition coefficient (Wildman–Crippen LogP) is -0.283. The fraction of sp³-hybridized carbons (Fsp3) is 0.750. The van der Waals surface area contributed by atoms with Gasteiger partial charge in [0.1, 0.15) is 6.04 Å². The fourth-order valence-electron chi connectivity index (χ4n) is 2.08. The van der Waals surface area contributed by atoms with Crippen molar-refractivity contribution in [1.82, 2.24) is 10.2 Å². The molecule has 0 aromatic carbocycles. The van der Waals surface area contributed by atoms with E-state index in [4.69, 9.17) is 10.2 Å². The molecule has 114 valence electrons. The van der Waals surface area contributed by atoms with Gasteiger partial charge in [-0.25, -0.2) is 9.59 Å². The van der Waals surface area contributed by atoms with Crippen molar-refractivity contribution in [2.75, 3.05) is 13.1 Å². The zero-order chi connectivity index (χ0) is 15.3. The van der Waals surface area contributed by atoms with Gasteiger partial charge < -0.3 is 25.5 Å². The number of carbonyl (C=O) groups is 3. The molecular weight excluding hydrogens is 268 g/mol. The fourth-order valence-corrected chi connectivity index (χ4v) is 2.08. The molecule has 1 rings (SSSR count). The Morgan fingerprint density at radius 1 is 1.35 bits per heavy atom. The zero-order valence-electron chi connectivity index (χ0n) is 11.3. The second kappa shape index (κ2) is 7.09. The molecule has 0 aromatic rings. The molecule has 1 aliphatic rings. The first-order valence-electron chi connectivity index (χ1n) is 6.49. The number of nitrogens with zero attached hydrogens (tertiary/aromatic N) is 1. The first kappa shape index (κ1) is 16.2. The van der Waals surface area contributed by atoms with Gasteiger partial charge in [-0.3, -0.25) is 4.79 Å². The highest BCUT2D eigenvalue weighted by atomic mass is 16.4. The molecule has 0 radical (unpaired) electrons. The number of amides is 2. The molecule has 0 spiro atoms. The average Bonchev–Trinajstić information content (AvgIpc) is 2.36. The monoisotopic (exact) mass is 288 g/mol. The third-order valence-electron chi connectivity index (χ3n) is 3.39. The molecule has 20 heavy (non-hydrogen) atoms. The molecule has 1 heterocycles. The second-order valence-corrected chi connectivity index (χ2v) is 5.05. The minimum atomic E-state index is -1.26. The molecule has 3 atom stereocenters. The first-order chi connectivity index (χ1) is 9.31. The largest absolute Gasteiger partial charge is 0.481 e. The molecule has 2 amide bonds. The van der Waals surface area contributed by atoms with Gasteiger partial charge in [-0.1, -0.05) is 6.92 Å². The van der Waals surface area contributed by atoms with E-state index in [1.54, 1.807) is 0 Å². The van der Waals surface area contributed by atoms with Crippen molar-refractivity contribution in [2.24, 2.45) is 5.92 Å². The lowest BCUT2D eigenvalue weighted by molar-refractivity contribution is -0.140. The summed E-state index contributed by atoms with van der Waals surface area (Å²) in [4.78, 5) is 34.8. The molecule has 0 saturated carbocycles. The van der Waals surface area contributed by atoms with Gasteiger partial charge in [0, 0.05) is 19.5 Å². The summed E-state index contributed by atoms with van der Waals surface area (Å²) in [6.45, 7) is 2.50. The van der Waals surface area contributed by atoms with E-state index in [1.165, 1.54) is 4.90 Å². The summed E-state index contributed by atoms with van der Waals surface area (Å²) in [6, 6.07) is -1.76. The number of aliphatic hydroxyl groups is 1. The van der Waals surface area contributed by atoms with Gasteiger partial charge in [-0.2, -0.15) is 0 Å². The van der Waals surface area contributed by atoms with Crippen LogP contribution < -0.4 is 5.32 Å². The number of urea groups is 1. The Labute approximate surface area is 116 Å². The lowest BCUT2D eigenvalue weighted by Gasteiger charge is -2.34. The van der Waals surface area contributed by atoms with E-state index in [0.29, 0.717) is 19.5 Å². The van der Waals surface area contributed by atoms with Crippen molar-refractivity contribution < 1.29 is 29.7 Å². The number of aliphatic carboxylic acids is 2. The van der Waals surface area contributed by atoms with Crippen molar-refractivity contribution in [3.05, 3.63) is 0 Å². The van der Waals surface area contributed by atoms with Crippen molar-refractivity contribution in [3.8, 4) is 0 Å². The maximum Gasteiger partial charge on any atom is 0.326 e. The van der Waals surface area contributed by atoms with Gasteiger partial charge in [-0.05, 0) is 18.8 Å². The molecular formula is C12H20N2O6. The average molecular weight is 288 g/mol. The molecule has 0 aliphatic carbocycles. The molecule has 1 fully saturated rings. The maximum atomic E-state index is 11.9. The Morgan fingerprint density at radius 3 is 2.50 bits per heavy atom. The van der Waals surface area contributed by atoms with Crippen LogP contribution >= 0.6 is 0 Å². The van der Waals surface area contributed by atoms with Gasteiger partial charge in [0.05, 0.1) is 6.10 Å². The summed E-state index contributed by atoms with van der Waals surface area (Å²) >= 11 is 0. The molecule has 8 nitrogen and oxygen atoms in total. The molecule has 8 heteroatoms. The first-order valence-corrected chi connectivity index (χ1v) is 6.49. The van der Waals surface area contributed by atoms with Crippen LogP contribution in [-0.2, 0) is 9.59 Å². The lowest BCUT2D eigenvalue weighted by Crippen LogP contribution is -2.52. The summed E-state index contributed by atoms with van der Waals surface area (Å²) in [5.41, 5.74) is 0. The number of piperidine rings is 1. The third-order valence-corrected chi connectivity index (χ3v) is 3.39. The van der Waals surface area contributed by atoms with Gasteiger partial charge in [0.2, 0.25) is 0 Å². The number of nitrogens with one attached hydrogen (secondary N) is 1. The maximum absolute atomic E-state index is 11.9. The smallest absolute Gasteiger partial charge is 0.326 e. The number of hydrogen-bond acceptors (Lipinski definition) is 4. The SMILES string of the molecule is CC1CN(C(=O)NC(CCC(=O)O)C(=O)O)CCC1O. The number of aliphatic hydroxyl groups excluding tert-OH is 1. The Hall–Kier alpha value is -1.83. The highest BCUT2D eigenvalue weighted by molar-refractivity contribution is 5.83. The Balaban J connectivity index is 2.53. The minimum absolute atomic E-state index is 0.0724. The highest BCUT2D eigenvalue weighted by Crippen LogP contribution is 2.16. The van der Waals surface area contributed by atoms with E-state index in [0.717, 1.165) is 0 Å². The van der Waals surface area contributed by atoms with E-state index < -0.39 is 30.1 Å². The number of hydrogen-bond donors (Lipinski definition) is 4. The summed E-state index contributed by atoms with van der Waals surface area (Å²) in [5.74, 6) is -2.44. The van der Waals surface area contributed by atoms with Gasteiger partial charge in [0.25, 0.3) is 0 Å². The van der Waals surface area contributed by atoms with E-state index in [2.05, 4.69) is 5.32 Å². The van der Waals surface area contributed by atoms with Crippen LogP contribution in [0.3, 0.4) is 0 Å². The van der Waals surface area contributed by atoms with Crippen LogP contribution in [0.25, 0.3) is 0 Å². The summed E-state index contributed by atoms with van der Waals surface area (Å²) in [5, 5.41) is 29.4. The molecule has 1 aliphatic heterocycles. The van der Waals surface area contributed by atoms with Crippen LogP contribution in [0.1, 0.15) is 26.2 Å². The minimum Gasteiger partial charge on any atom is -0.481 e. The number of carboxylic acids is 2. The number of carbonyl (C=O) groups excluding carboxylic acids is 1. The van der Waals surface area contributed by atoms with Crippen LogP contribution in [0.2, 0.25) is 0 Å². The van der Waals surface area contributed by atoms with E-state index in [9.17, 15) is 19.5 Å². The van der Waals surface area contributed by atoms with E-state index in [1.807, 2.05) is 6.92 Å². The molecule has 3 unspecified atom stereocenters. The molecule has 4 N–H and O–H groups in total. The predicted molar refractivity (Wildman–Crippen MR) is 68.2 cm³/mol. The third kappa shape index (κ3) is 4.69. The van der Waals surface area contributed by atoms with E-state index >= 15 is 0 Å². The number of likely N-dealkylation sites (tertiary alicyclic amines) is 1. The molecule has 0 aromatic heterocycles. The summed E-state index contributed by atoms with van der Waals surface area (Å²) in [6.07, 6.45) is -0.502. The normalized spacial score (nSPS) is 24.0. The van der Waals surface area contributed by atoms with E-state index in [-0.39, 0.29) is 18.8 Å². The summed E-state index contributed by atoms with van der Waals surface area (Å²) in [7, 11) is 0. The molecule has 1 saturated heterocycles. The number of rotatable bonds is 5.